The van der Waals surface area contributed by atoms with Crippen molar-refractivity contribution in [1.82, 2.24) is 0 Å². The van der Waals surface area contributed by atoms with Gasteiger partial charge in [-0.1, -0.05) is 0 Å². The van der Waals surface area contributed by atoms with E-state index in [9.17, 15) is 10.1 Å². The second-order valence-electron chi connectivity index (χ2n) is 4.42. The van der Waals surface area contributed by atoms with Gasteiger partial charge in [-0.25, -0.2) is 0 Å². The van der Waals surface area contributed by atoms with E-state index in [1.54, 1.807) is 12.1 Å². The van der Waals surface area contributed by atoms with E-state index in [1.807, 2.05) is 19.9 Å². The SMILES string of the molecule is CC(C)Oc1ccc([N+](=O)[O-])c(C2CC2)c1. The van der Waals surface area contributed by atoms with Crippen LogP contribution >= 0.6 is 0 Å². The van der Waals surface area contributed by atoms with Gasteiger partial charge in [-0.05, 0) is 44.7 Å². The molecule has 1 aromatic carbocycles. The molecular formula is C12H15NO3. The first kappa shape index (κ1) is 10.9. The zero-order chi connectivity index (χ0) is 11.7. The van der Waals surface area contributed by atoms with Crippen molar-refractivity contribution >= 4 is 5.69 Å². The average molecular weight is 221 g/mol. The Hall–Kier alpha value is -1.58. The Morgan fingerprint density at radius 3 is 2.62 bits per heavy atom. The van der Waals surface area contributed by atoms with Crippen molar-refractivity contribution in [3.8, 4) is 5.75 Å². The molecule has 0 aliphatic heterocycles. The molecule has 0 bridgehead atoms. The summed E-state index contributed by atoms with van der Waals surface area (Å²) in [5, 5.41) is 10.9. The highest BCUT2D eigenvalue weighted by atomic mass is 16.6. The fraction of sp³-hybridized carbons (Fsp3) is 0.500. The van der Waals surface area contributed by atoms with Crippen molar-refractivity contribution in [2.24, 2.45) is 0 Å². The molecule has 16 heavy (non-hydrogen) atoms. The van der Waals surface area contributed by atoms with Gasteiger partial charge in [-0.2, -0.15) is 0 Å². The van der Waals surface area contributed by atoms with Crippen LogP contribution in [-0.2, 0) is 0 Å². The second-order valence-corrected chi connectivity index (χ2v) is 4.42. The minimum Gasteiger partial charge on any atom is -0.491 e. The summed E-state index contributed by atoms with van der Waals surface area (Å²) in [7, 11) is 0. The summed E-state index contributed by atoms with van der Waals surface area (Å²) in [5.74, 6) is 1.08. The fourth-order valence-electron chi connectivity index (χ4n) is 1.77. The molecule has 0 unspecified atom stereocenters. The number of benzene rings is 1. The van der Waals surface area contributed by atoms with E-state index in [0.717, 1.165) is 24.2 Å². The number of ether oxygens (including phenoxy) is 1. The molecule has 0 heterocycles. The van der Waals surface area contributed by atoms with Crippen LogP contribution < -0.4 is 4.74 Å². The third-order valence-corrected chi connectivity index (χ3v) is 2.58. The van der Waals surface area contributed by atoms with E-state index in [1.165, 1.54) is 0 Å². The van der Waals surface area contributed by atoms with Crippen LogP contribution in [0.1, 0.15) is 38.2 Å². The molecule has 0 atom stereocenters. The van der Waals surface area contributed by atoms with Gasteiger partial charge in [-0.15, -0.1) is 0 Å². The Kier molecular flexibility index (Phi) is 2.81. The maximum atomic E-state index is 10.9. The quantitative estimate of drug-likeness (QED) is 0.579. The molecule has 0 amide bonds. The van der Waals surface area contributed by atoms with Crippen LogP contribution in [0.4, 0.5) is 5.69 Å². The molecule has 0 spiro atoms. The van der Waals surface area contributed by atoms with E-state index >= 15 is 0 Å². The molecular weight excluding hydrogens is 206 g/mol. The molecule has 1 fully saturated rings. The van der Waals surface area contributed by atoms with E-state index in [0.29, 0.717) is 5.92 Å². The first-order valence-electron chi connectivity index (χ1n) is 5.53. The third-order valence-electron chi connectivity index (χ3n) is 2.58. The Morgan fingerprint density at radius 2 is 2.12 bits per heavy atom. The standard InChI is InChI=1S/C12H15NO3/c1-8(2)16-10-5-6-12(13(14)15)11(7-10)9-3-4-9/h5-9H,3-4H2,1-2H3. The van der Waals surface area contributed by atoms with E-state index in [2.05, 4.69) is 0 Å². The monoisotopic (exact) mass is 221 g/mol. The molecule has 2 rings (SSSR count). The molecule has 1 aromatic rings. The number of nitro benzene ring substituents is 1. The topological polar surface area (TPSA) is 52.4 Å². The predicted octanol–water partition coefficient (Wildman–Crippen LogP) is 3.26. The van der Waals surface area contributed by atoms with Gasteiger partial charge in [0.2, 0.25) is 0 Å². The summed E-state index contributed by atoms with van der Waals surface area (Å²) in [6.07, 6.45) is 2.19. The summed E-state index contributed by atoms with van der Waals surface area (Å²) in [5.41, 5.74) is 1.04. The zero-order valence-corrected chi connectivity index (χ0v) is 9.47. The summed E-state index contributed by atoms with van der Waals surface area (Å²) in [6.45, 7) is 3.89. The van der Waals surface area contributed by atoms with Crippen LogP contribution in [0.5, 0.6) is 5.75 Å². The normalized spacial score (nSPS) is 15.2. The highest BCUT2D eigenvalue weighted by Gasteiger charge is 2.30. The summed E-state index contributed by atoms with van der Waals surface area (Å²) < 4.78 is 5.54. The summed E-state index contributed by atoms with van der Waals surface area (Å²) >= 11 is 0. The smallest absolute Gasteiger partial charge is 0.273 e. The minimum atomic E-state index is -0.313. The molecule has 1 aliphatic carbocycles. The lowest BCUT2D eigenvalue weighted by atomic mass is 10.1. The summed E-state index contributed by atoms with van der Waals surface area (Å²) in [4.78, 5) is 10.5. The molecule has 0 aromatic heterocycles. The first-order chi connectivity index (χ1) is 7.58. The van der Waals surface area contributed by atoms with Crippen LogP contribution in [0.15, 0.2) is 18.2 Å². The second kappa shape index (κ2) is 4.12. The summed E-state index contributed by atoms with van der Waals surface area (Å²) in [6, 6.07) is 5.03. The van der Waals surface area contributed by atoms with Gasteiger partial charge < -0.3 is 4.74 Å². The van der Waals surface area contributed by atoms with Crippen LogP contribution in [0.2, 0.25) is 0 Å². The number of rotatable bonds is 4. The molecule has 0 saturated heterocycles. The Labute approximate surface area is 94.4 Å². The van der Waals surface area contributed by atoms with Crippen molar-refractivity contribution < 1.29 is 9.66 Å². The molecule has 4 heteroatoms. The van der Waals surface area contributed by atoms with Crippen LogP contribution in [0.25, 0.3) is 0 Å². The van der Waals surface area contributed by atoms with E-state index in [4.69, 9.17) is 4.74 Å². The van der Waals surface area contributed by atoms with Crippen LogP contribution in [0, 0.1) is 10.1 Å². The van der Waals surface area contributed by atoms with Gasteiger partial charge in [-0.3, -0.25) is 10.1 Å². The van der Waals surface area contributed by atoms with Gasteiger partial charge >= 0.3 is 0 Å². The maximum absolute atomic E-state index is 10.9. The van der Waals surface area contributed by atoms with Crippen LogP contribution in [0.3, 0.4) is 0 Å². The molecule has 1 aliphatic rings. The Bertz CT molecular complexity index is 411. The molecule has 86 valence electrons. The molecule has 0 N–H and O–H groups in total. The lowest BCUT2D eigenvalue weighted by molar-refractivity contribution is -0.385. The van der Waals surface area contributed by atoms with Gasteiger partial charge in [0.25, 0.3) is 5.69 Å². The Balaban J connectivity index is 2.32. The number of nitrogens with zero attached hydrogens (tertiary/aromatic N) is 1. The highest BCUT2D eigenvalue weighted by Crippen LogP contribution is 2.45. The minimum absolute atomic E-state index is 0.0912. The largest absolute Gasteiger partial charge is 0.491 e. The van der Waals surface area contributed by atoms with Gasteiger partial charge in [0.05, 0.1) is 11.0 Å². The van der Waals surface area contributed by atoms with Crippen molar-refractivity contribution in [3.05, 3.63) is 33.9 Å². The number of nitro groups is 1. The third kappa shape index (κ3) is 2.32. The van der Waals surface area contributed by atoms with Gasteiger partial charge in [0, 0.05) is 11.6 Å². The lowest BCUT2D eigenvalue weighted by Crippen LogP contribution is -2.06. The predicted molar refractivity (Wildman–Crippen MR) is 60.8 cm³/mol. The lowest BCUT2D eigenvalue weighted by Gasteiger charge is -2.10. The maximum Gasteiger partial charge on any atom is 0.273 e. The van der Waals surface area contributed by atoms with E-state index < -0.39 is 0 Å². The molecule has 4 nitrogen and oxygen atoms in total. The van der Waals surface area contributed by atoms with Gasteiger partial charge in [0.1, 0.15) is 5.75 Å². The van der Waals surface area contributed by atoms with Crippen molar-refractivity contribution in [3.63, 3.8) is 0 Å². The highest BCUT2D eigenvalue weighted by molar-refractivity contribution is 5.48. The van der Waals surface area contributed by atoms with Crippen LogP contribution in [-0.4, -0.2) is 11.0 Å². The van der Waals surface area contributed by atoms with Crippen molar-refractivity contribution in [1.29, 1.82) is 0 Å². The molecule has 0 radical (unpaired) electrons. The fourth-order valence-corrected chi connectivity index (χ4v) is 1.77. The van der Waals surface area contributed by atoms with E-state index in [-0.39, 0.29) is 16.7 Å². The zero-order valence-electron chi connectivity index (χ0n) is 9.47. The first-order valence-corrected chi connectivity index (χ1v) is 5.53. The Morgan fingerprint density at radius 1 is 1.44 bits per heavy atom. The number of hydrogen-bond acceptors (Lipinski definition) is 3. The average Bonchev–Trinajstić information content (AvgIpc) is 2.99. The van der Waals surface area contributed by atoms with Gasteiger partial charge in [0.15, 0.2) is 0 Å². The van der Waals surface area contributed by atoms with Crippen molar-refractivity contribution in [2.75, 3.05) is 0 Å². The number of hydrogen-bond donors (Lipinski definition) is 0. The molecule has 1 saturated carbocycles. The van der Waals surface area contributed by atoms with Crippen molar-refractivity contribution in [2.45, 2.75) is 38.7 Å².